The molecular weight excluding hydrogens is 404 g/mol. The highest BCUT2D eigenvalue weighted by atomic mass is 32.1. The van der Waals surface area contributed by atoms with Crippen molar-refractivity contribution in [2.24, 2.45) is 0 Å². The lowest BCUT2D eigenvalue weighted by atomic mass is 10.1. The summed E-state index contributed by atoms with van der Waals surface area (Å²) in [5, 5.41) is 7.32. The highest BCUT2D eigenvalue weighted by Gasteiger charge is 2.17. The fourth-order valence-corrected chi connectivity index (χ4v) is 4.44. The third-order valence-electron chi connectivity index (χ3n) is 5.06. The number of aromatic nitrogens is 3. The molecule has 4 nitrogen and oxygen atoms in total. The zero-order valence-corrected chi connectivity index (χ0v) is 16.5. The minimum Gasteiger partial charge on any atom is -0.267 e. The summed E-state index contributed by atoms with van der Waals surface area (Å²) >= 11 is 1.28. The van der Waals surface area contributed by atoms with Crippen LogP contribution < -0.4 is 5.56 Å². The van der Waals surface area contributed by atoms with Crippen molar-refractivity contribution >= 4 is 32.3 Å². The molecule has 2 aromatic carbocycles. The van der Waals surface area contributed by atoms with Crippen LogP contribution in [0, 0.1) is 11.6 Å². The van der Waals surface area contributed by atoms with E-state index >= 15 is 0 Å². The molecule has 0 N–H and O–H groups in total. The summed E-state index contributed by atoms with van der Waals surface area (Å²) in [5.41, 5.74) is 1.88. The van der Waals surface area contributed by atoms with E-state index in [-0.39, 0.29) is 11.1 Å². The monoisotopic (exact) mass is 419 g/mol. The van der Waals surface area contributed by atoms with E-state index in [1.807, 2.05) is 36.4 Å². The van der Waals surface area contributed by atoms with E-state index in [1.165, 1.54) is 28.2 Å². The van der Waals surface area contributed by atoms with Gasteiger partial charge in [-0.05, 0) is 18.2 Å². The van der Waals surface area contributed by atoms with Crippen molar-refractivity contribution in [3.63, 3.8) is 0 Å². The van der Waals surface area contributed by atoms with Crippen molar-refractivity contribution in [3.8, 4) is 11.1 Å². The van der Waals surface area contributed by atoms with Gasteiger partial charge in [-0.1, -0.05) is 36.4 Å². The number of fused-ring (bicyclic) bond motifs is 2. The molecule has 0 fully saturated rings. The number of nitrogens with zero attached hydrogens (tertiary/aromatic N) is 3. The fourth-order valence-electron chi connectivity index (χ4n) is 3.53. The first-order valence-corrected chi connectivity index (χ1v) is 10.3. The van der Waals surface area contributed by atoms with Crippen LogP contribution in [0.25, 0.3) is 32.1 Å². The van der Waals surface area contributed by atoms with Gasteiger partial charge >= 0.3 is 0 Å². The van der Waals surface area contributed by atoms with E-state index in [9.17, 15) is 13.6 Å². The predicted octanol–water partition coefficient (Wildman–Crippen LogP) is 5.19. The second kappa shape index (κ2) is 7.42. The summed E-state index contributed by atoms with van der Waals surface area (Å²) in [5.74, 6) is -1.90. The Hall–Kier alpha value is -3.45. The van der Waals surface area contributed by atoms with Gasteiger partial charge in [0.1, 0.15) is 0 Å². The van der Waals surface area contributed by atoms with Crippen molar-refractivity contribution in [1.82, 2.24) is 14.8 Å². The molecule has 0 aliphatic heterocycles. The Labute approximate surface area is 174 Å². The minimum atomic E-state index is -0.958. The van der Waals surface area contributed by atoms with Gasteiger partial charge in [-0.2, -0.15) is 5.10 Å². The Morgan fingerprint density at radius 2 is 1.83 bits per heavy atom. The van der Waals surface area contributed by atoms with Gasteiger partial charge in [0.05, 0.1) is 28.3 Å². The molecule has 30 heavy (non-hydrogen) atoms. The molecule has 0 radical (unpaired) electrons. The molecule has 148 valence electrons. The summed E-state index contributed by atoms with van der Waals surface area (Å²) in [6, 6.07) is 15.7. The molecule has 3 heterocycles. The van der Waals surface area contributed by atoms with Gasteiger partial charge in [0.25, 0.3) is 5.56 Å². The first kappa shape index (κ1) is 18.6. The Morgan fingerprint density at radius 1 is 0.967 bits per heavy atom. The summed E-state index contributed by atoms with van der Waals surface area (Å²) in [4.78, 5) is 17.7. The largest absolute Gasteiger partial charge is 0.276 e. The molecular formula is C23H15F2N3OS. The standard InChI is InChI=1S/C23H15F2N3OS/c24-18-6-3-5-16(22(18)25)17-13-30-20-12-26-28(23(29)21(17)20)11-10-15-9-8-14-4-1-2-7-19(14)27-15/h1-9,12-13H,10-11H2. The maximum atomic E-state index is 14.3. The first-order chi connectivity index (χ1) is 14.6. The van der Waals surface area contributed by atoms with E-state index in [0.717, 1.165) is 22.7 Å². The second-order valence-electron chi connectivity index (χ2n) is 6.91. The van der Waals surface area contributed by atoms with E-state index in [2.05, 4.69) is 10.1 Å². The van der Waals surface area contributed by atoms with Gasteiger partial charge in [-0.25, -0.2) is 13.5 Å². The molecule has 0 atom stereocenters. The van der Waals surface area contributed by atoms with Gasteiger partial charge in [-0.3, -0.25) is 9.78 Å². The summed E-state index contributed by atoms with van der Waals surface area (Å²) in [6.45, 7) is 0.334. The SMILES string of the molecule is O=c1c2c(-c3cccc(F)c3F)csc2cnn1CCc1ccc2ccccc2n1. The van der Waals surface area contributed by atoms with Crippen LogP contribution in [0.15, 0.2) is 71.0 Å². The molecule has 0 amide bonds. The molecule has 0 saturated carbocycles. The average Bonchev–Trinajstić information content (AvgIpc) is 3.20. The van der Waals surface area contributed by atoms with Crippen molar-refractivity contribution < 1.29 is 8.78 Å². The normalized spacial score (nSPS) is 11.4. The van der Waals surface area contributed by atoms with Crippen molar-refractivity contribution in [3.05, 3.63) is 93.9 Å². The number of para-hydroxylation sites is 1. The Kier molecular flexibility index (Phi) is 4.59. The average molecular weight is 419 g/mol. The number of pyridine rings is 1. The summed E-state index contributed by atoms with van der Waals surface area (Å²) in [7, 11) is 0. The Balaban J connectivity index is 1.51. The smallest absolute Gasteiger partial charge is 0.267 e. The van der Waals surface area contributed by atoms with Crippen LogP contribution in [0.3, 0.4) is 0 Å². The predicted molar refractivity (Wildman–Crippen MR) is 115 cm³/mol. The highest BCUT2D eigenvalue weighted by Crippen LogP contribution is 2.33. The van der Waals surface area contributed by atoms with Gasteiger partial charge < -0.3 is 0 Å². The van der Waals surface area contributed by atoms with Crippen LogP contribution in [0.1, 0.15) is 5.69 Å². The van der Waals surface area contributed by atoms with Crippen LogP contribution in [-0.4, -0.2) is 14.8 Å². The van der Waals surface area contributed by atoms with Crippen molar-refractivity contribution in [2.45, 2.75) is 13.0 Å². The first-order valence-electron chi connectivity index (χ1n) is 9.38. The van der Waals surface area contributed by atoms with Crippen LogP contribution in [0.2, 0.25) is 0 Å². The lowest BCUT2D eigenvalue weighted by Gasteiger charge is -2.07. The molecule has 0 saturated heterocycles. The van der Waals surface area contributed by atoms with Crippen molar-refractivity contribution in [2.75, 3.05) is 0 Å². The van der Waals surface area contributed by atoms with Crippen LogP contribution in [-0.2, 0) is 13.0 Å². The molecule has 0 unspecified atom stereocenters. The van der Waals surface area contributed by atoms with E-state index in [1.54, 1.807) is 11.6 Å². The molecule has 3 aromatic heterocycles. The third kappa shape index (κ3) is 3.17. The minimum absolute atomic E-state index is 0.0762. The number of hydrogen-bond acceptors (Lipinski definition) is 4. The topological polar surface area (TPSA) is 47.8 Å². The van der Waals surface area contributed by atoms with Crippen molar-refractivity contribution in [1.29, 1.82) is 0 Å². The number of halogens is 2. The number of benzene rings is 2. The Morgan fingerprint density at radius 3 is 2.73 bits per heavy atom. The van der Waals surface area contributed by atoms with Crippen LogP contribution in [0.4, 0.5) is 8.78 Å². The molecule has 0 spiro atoms. The maximum Gasteiger partial charge on any atom is 0.276 e. The van der Waals surface area contributed by atoms with E-state index in [4.69, 9.17) is 0 Å². The zero-order chi connectivity index (χ0) is 20.7. The lowest BCUT2D eigenvalue weighted by molar-refractivity contribution is 0.511. The maximum absolute atomic E-state index is 14.3. The molecule has 0 aliphatic carbocycles. The van der Waals surface area contributed by atoms with Crippen LogP contribution >= 0.6 is 11.3 Å². The van der Waals surface area contributed by atoms with Gasteiger partial charge in [0.2, 0.25) is 0 Å². The Bertz CT molecular complexity index is 1460. The van der Waals surface area contributed by atoms with Crippen LogP contribution in [0.5, 0.6) is 0 Å². The lowest BCUT2D eigenvalue weighted by Crippen LogP contribution is -2.23. The number of rotatable bonds is 4. The quantitative estimate of drug-likeness (QED) is 0.403. The molecule has 0 aliphatic rings. The van der Waals surface area contributed by atoms with Gasteiger partial charge in [0, 0.05) is 34.0 Å². The number of hydrogen-bond donors (Lipinski definition) is 0. The zero-order valence-electron chi connectivity index (χ0n) is 15.7. The summed E-state index contributed by atoms with van der Waals surface area (Å²) < 4.78 is 30.0. The molecule has 0 bridgehead atoms. The second-order valence-corrected chi connectivity index (χ2v) is 7.82. The van der Waals surface area contributed by atoms with E-state index < -0.39 is 11.6 Å². The number of aryl methyl sites for hydroxylation is 2. The number of thiophene rings is 1. The van der Waals surface area contributed by atoms with Gasteiger partial charge in [0.15, 0.2) is 11.6 Å². The fraction of sp³-hybridized carbons (Fsp3) is 0.0870. The summed E-state index contributed by atoms with van der Waals surface area (Å²) in [6.07, 6.45) is 2.12. The molecule has 5 aromatic rings. The molecule has 7 heteroatoms. The highest BCUT2D eigenvalue weighted by molar-refractivity contribution is 7.17. The molecule has 5 rings (SSSR count). The third-order valence-corrected chi connectivity index (χ3v) is 5.98. The van der Waals surface area contributed by atoms with E-state index in [0.29, 0.717) is 28.6 Å². The van der Waals surface area contributed by atoms with Gasteiger partial charge in [-0.15, -0.1) is 11.3 Å².